The Labute approximate surface area is 218 Å². The molecule has 1 fully saturated rings. The maximum atomic E-state index is 13.5. The second kappa shape index (κ2) is 11.1. The predicted molar refractivity (Wildman–Crippen MR) is 141 cm³/mol. The van der Waals surface area contributed by atoms with Gasteiger partial charge in [-0.25, -0.2) is 8.78 Å². The van der Waals surface area contributed by atoms with Gasteiger partial charge in [-0.3, -0.25) is 19.3 Å². The standard InChI is InChI=1S/C25H18F2N2O4S3/c26-19-6-3-15(11-20(19)27)16-10-18(35-13-16)12-21-24(33)29(25(34)36-21)8-7-22(30)28-17-4-1-14(2-5-17)9-23(31)32/h1-6,10-13H,7-9H2,(H,28,30)(H,31,32)/b21-12-. The van der Waals surface area contributed by atoms with Gasteiger partial charge in [0.15, 0.2) is 11.6 Å². The van der Waals surface area contributed by atoms with Gasteiger partial charge in [0.25, 0.3) is 5.91 Å². The second-order valence-corrected chi connectivity index (χ2v) is 10.4. The molecule has 2 heterocycles. The van der Waals surface area contributed by atoms with Crippen molar-refractivity contribution in [1.29, 1.82) is 0 Å². The number of anilines is 1. The van der Waals surface area contributed by atoms with E-state index >= 15 is 0 Å². The first-order valence-corrected chi connectivity index (χ1v) is 12.7. The minimum Gasteiger partial charge on any atom is -0.481 e. The number of amides is 2. The molecule has 0 saturated carbocycles. The zero-order valence-electron chi connectivity index (χ0n) is 18.5. The van der Waals surface area contributed by atoms with E-state index < -0.39 is 17.6 Å². The molecule has 2 aromatic carbocycles. The number of thiophene rings is 1. The summed E-state index contributed by atoms with van der Waals surface area (Å²) in [7, 11) is 0. The Morgan fingerprint density at radius 1 is 1.06 bits per heavy atom. The molecule has 3 aromatic rings. The molecule has 1 aliphatic heterocycles. The Morgan fingerprint density at radius 3 is 2.50 bits per heavy atom. The van der Waals surface area contributed by atoms with Gasteiger partial charge in [-0.2, -0.15) is 0 Å². The largest absolute Gasteiger partial charge is 0.481 e. The molecule has 0 unspecified atom stereocenters. The molecule has 0 radical (unpaired) electrons. The van der Waals surface area contributed by atoms with Gasteiger partial charge in [-0.05, 0) is 58.5 Å². The van der Waals surface area contributed by atoms with E-state index in [2.05, 4.69) is 5.32 Å². The molecule has 4 rings (SSSR count). The number of aliphatic carboxylic acids is 1. The Balaban J connectivity index is 1.35. The highest BCUT2D eigenvalue weighted by Gasteiger charge is 2.32. The third-order valence-corrected chi connectivity index (χ3v) is 7.43. The normalized spacial score (nSPS) is 14.5. The van der Waals surface area contributed by atoms with Crippen LogP contribution >= 0.6 is 35.3 Å². The van der Waals surface area contributed by atoms with Crippen molar-refractivity contribution in [2.75, 3.05) is 11.9 Å². The molecular formula is C25H18F2N2O4S3. The highest BCUT2D eigenvalue weighted by atomic mass is 32.2. The van der Waals surface area contributed by atoms with Crippen molar-refractivity contribution in [1.82, 2.24) is 4.90 Å². The number of carboxylic acids is 1. The molecule has 2 amide bonds. The van der Waals surface area contributed by atoms with E-state index in [9.17, 15) is 23.2 Å². The fourth-order valence-corrected chi connectivity index (χ4v) is 5.62. The number of carboxylic acid groups (broad SMARTS) is 1. The fourth-order valence-electron chi connectivity index (χ4n) is 3.39. The first-order valence-electron chi connectivity index (χ1n) is 10.6. The van der Waals surface area contributed by atoms with Crippen molar-refractivity contribution in [3.63, 3.8) is 0 Å². The van der Waals surface area contributed by atoms with Crippen molar-refractivity contribution in [3.8, 4) is 11.1 Å². The predicted octanol–water partition coefficient (Wildman–Crippen LogP) is 5.55. The minimum atomic E-state index is -0.938. The number of thioether (sulfide) groups is 1. The molecule has 2 N–H and O–H groups in total. The molecule has 36 heavy (non-hydrogen) atoms. The molecule has 0 spiro atoms. The van der Waals surface area contributed by atoms with Gasteiger partial charge in [0.1, 0.15) is 4.32 Å². The summed E-state index contributed by atoms with van der Waals surface area (Å²) in [4.78, 5) is 38.5. The van der Waals surface area contributed by atoms with Crippen molar-refractivity contribution in [3.05, 3.63) is 80.9 Å². The van der Waals surface area contributed by atoms with Crippen LogP contribution in [0.15, 0.2) is 58.8 Å². The molecular weight excluding hydrogens is 526 g/mol. The maximum absolute atomic E-state index is 13.5. The average Bonchev–Trinajstić information content (AvgIpc) is 3.40. The van der Waals surface area contributed by atoms with Crippen LogP contribution in [0.5, 0.6) is 0 Å². The lowest BCUT2D eigenvalue weighted by atomic mass is 10.1. The summed E-state index contributed by atoms with van der Waals surface area (Å²) in [6.07, 6.45) is 1.61. The Bertz CT molecular complexity index is 1390. The number of hydrogen-bond donors (Lipinski definition) is 2. The first-order chi connectivity index (χ1) is 17.2. The summed E-state index contributed by atoms with van der Waals surface area (Å²) in [5.74, 6) is -3.40. The van der Waals surface area contributed by atoms with Gasteiger partial charge in [0, 0.05) is 23.5 Å². The summed E-state index contributed by atoms with van der Waals surface area (Å²) in [5.41, 5.74) is 2.37. The van der Waals surface area contributed by atoms with Crippen molar-refractivity contribution in [2.24, 2.45) is 0 Å². The number of carbonyl (C=O) groups is 3. The van der Waals surface area contributed by atoms with E-state index in [4.69, 9.17) is 17.3 Å². The number of benzene rings is 2. The van der Waals surface area contributed by atoms with Crippen LogP contribution < -0.4 is 5.32 Å². The van der Waals surface area contributed by atoms with Crippen LogP contribution in [0.4, 0.5) is 14.5 Å². The number of thiocarbonyl (C=S) groups is 1. The Hall–Kier alpha value is -3.41. The van der Waals surface area contributed by atoms with Crippen LogP contribution in [-0.2, 0) is 20.8 Å². The van der Waals surface area contributed by atoms with Crippen LogP contribution in [0.25, 0.3) is 17.2 Å². The highest BCUT2D eigenvalue weighted by molar-refractivity contribution is 8.26. The molecule has 6 nitrogen and oxygen atoms in total. The number of nitrogens with one attached hydrogen (secondary N) is 1. The number of rotatable bonds is 8. The van der Waals surface area contributed by atoms with E-state index in [1.165, 1.54) is 22.3 Å². The van der Waals surface area contributed by atoms with Crippen molar-refractivity contribution >= 4 is 69.2 Å². The van der Waals surface area contributed by atoms with E-state index in [0.717, 1.165) is 28.8 Å². The third-order valence-electron chi connectivity index (χ3n) is 5.18. The molecule has 0 atom stereocenters. The van der Waals surface area contributed by atoms with Gasteiger partial charge in [0.05, 0.1) is 11.3 Å². The van der Waals surface area contributed by atoms with Crippen LogP contribution in [-0.4, -0.2) is 38.7 Å². The highest BCUT2D eigenvalue weighted by Crippen LogP contribution is 2.35. The molecule has 1 saturated heterocycles. The molecule has 1 aromatic heterocycles. The second-order valence-electron chi connectivity index (χ2n) is 7.77. The van der Waals surface area contributed by atoms with Crippen LogP contribution in [0.2, 0.25) is 0 Å². The molecule has 11 heteroatoms. The van der Waals surface area contributed by atoms with Crippen LogP contribution in [0.1, 0.15) is 16.9 Å². The lowest BCUT2D eigenvalue weighted by Crippen LogP contribution is -2.31. The quantitative estimate of drug-likeness (QED) is 0.286. The third kappa shape index (κ3) is 6.23. The smallest absolute Gasteiger partial charge is 0.307 e. The van der Waals surface area contributed by atoms with Crippen LogP contribution in [0.3, 0.4) is 0 Å². The number of nitrogens with zero attached hydrogens (tertiary/aromatic N) is 1. The lowest BCUT2D eigenvalue weighted by Gasteiger charge is -2.14. The summed E-state index contributed by atoms with van der Waals surface area (Å²) >= 11 is 7.81. The summed E-state index contributed by atoms with van der Waals surface area (Å²) in [6.45, 7) is 0.107. The zero-order chi connectivity index (χ0) is 25.8. The van der Waals surface area contributed by atoms with Gasteiger partial charge in [-0.15, -0.1) is 11.3 Å². The number of halogens is 2. The molecule has 0 bridgehead atoms. The summed E-state index contributed by atoms with van der Waals surface area (Å²) in [6, 6.07) is 11.9. The monoisotopic (exact) mass is 544 g/mol. The zero-order valence-corrected chi connectivity index (χ0v) is 20.9. The van der Waals surface area contributed by atoms with Gasteiger partial charge < -0.3 is 10.4 Å². The summed E-state index contributed by atoms with van der Waals surface area (Å²) in [5, 5.41) is 13.3. The number of hydrogen-bond acceptors (Lipinski definition) is 6. The topological polar surface area (TPSA) is 86.7 Å². The first kappa shape index (κ1) is 25.7. The molecule has 1 aliphatic rings. The number of carbonyl (C=O) groups excluding carboxylic acids is 2. The maximum Gasteiger partial charge on any atom is 0.307 e. The Morgan fingerprint density at radius 2 is 1.81 bits per heavy atom. The minimum absolute atomic E-state index is 0.0237. The van der Waals surface area contributed by atoms with E-state index in [-0.39, 0.29) is 31.2 Å². The van der Waals surface area contributed by atoms with E-state index in [0.29, 0.717) is 31.6 Å². The summed E-state index contributed by atoms with van der Waals surface area (Å²) < 4.78 is 27.1. The average molecular weight is 545 g/mol. The van der Waals surface area contributed by atoms with Gasteiger partial charge >= 0.3 is 5.97 Å². The van der Waals surface area contributed by atoms with Crippen molar-refractivity contribution < 1.29 is 28.3 Å². The van der Waals surface area contributed by atoms with Gasteiger partial charge in [0.2, 0.25) is 5.91 Å². The van der Waals surface area contributed by atoms with Crippen molar-refractivity contribution in [2.45, 2.75) is 12.8 Å². The molecule has 184 valence electrons. The van der Waals surface area contributed by atoms with E-state index in [1.54, 1.807) is 41.8 Å². The van der Waals surface area contributed by atoms with E-state index in [1.807, 2.05) is 0 Å². The Kier molecular flexibility index (Phi) is 7.92. The van der Waals surface area contributed by atoms with Crippen LogP contribution in [0, 0.1) is 11.6 Å². The van der Waals surface area contributed by atoms with Gasteiger partial charge in [-0.1, -0.05) is 42.2 Å². The lowest BCUT2D eigenvalue weighted by molar-refractivity contribution is -0.136. The molecule has 0 aliphatic carbocycles. The SMILES string of the molecule is O=C(O)Cc1ccc(NC(=O)CCN2C(=O)/C(=C/c3cc(-c4ccc(F)c(F)c4)cs3)SC2=S)cc1. The fraction of sp³-hybridized carbons (Fsp3) is 0.120.